The molecule has 1 aromatic carbocycles. The maximum Gasteiger partial charge on any atom is 0.252 e. The molecule has 4 heteroatoms. The molecule has 0 saturated carbocycles. The van der Waals surface area contributed by atoms with Gasteiger partial charge in [0.25, 0.3) is 5.91 Å². The summed E-state index contributed by atoms with van der Waals surface area (Å²) in [5, 5.41) is 3.95. The minimum Gasteiger partial charge on any atom is -0.349 e. The maximum absolute atomic E-state index is 12.1. The van der Waals surface area contributed by atoms with Crippen molar-refractivity contribution in [3.63, 3.8) is 0 Å². The number of carbonyl (C=O) groups excluding carboxylic acids is 1. The van der Waals surface area contributed by atoms with Crippen LogP contribution in [0.5, 0.6) is 0 Å². The van der Waals surface area contributed by atoms with E-state index in [1.165, 1.54) is 0 Å². The Labute approximate surface area is 119 Å². The highest BCUT2D eigenvalue weighted by Gasteiger charge is 2.13. The molecule has 0 aliphatic rings. The third-order valence-corrected chi connectivity index (χ3v) is 3.77. The Morgan fingerprint density at radius 2 is 2.18 bits per heavy atom. The minimum atomic E-state index is -0.00956. The van der Waals surface area contributed by atoms with Crippen LogP contribution < -0.4 is 5.32 Å². The second-order valence-corrected chi connectivity index (χ2v) is 5.69. The van der Waals surface area contributed by atoms with E-state index in [4.69, 9.17) is 0 Å². The van der Waals surface area contributed by atoms with Crippen LogP contribution in [0.3, 0.4) is 0 Å². The highest BCUT2D eigenvalue weighted by molar-refractivity contribution is 9.10. The lowest BCUT2D eigenvalue weighted by molar-refractivity contribution is 0.0934. The van der Waals surface area contributed by atoms with E-state index in [9.17, 15) is 4.79 Å². The van der Waals surface area contributed by atoms with E-state index in [2.05, 4.69) is 44.1 Å². The van der Waals surface area contributed by atoms with Gasteiger partial charge in [-0.25, -0.2) is 0 Å². The molecule has 0 aliphatic carbocycles. The largest absolute Gasteiger partial charge is 0.349 e. The Bertz CT molecular complexity index is 393. The van der Waals surface area contributed by atoms with Crippen LogP contribution in [0.4, 0.5) is 0 Å². The van der Waals surface area contributed by atoms with Gasteiger partial charge in [0, 0.05) is 15.8 Å². The molecule has 1 amide bonds. The molecule has 0 fully saturated rings. The summed E-state index contributed by atoms with van der Waals surface area (Å²) in [6.45, 7) is 4.09. The van der Waals surface area contributed by atoms with Crippen molar-refractivity contribution in [1.29, 1.82) is 0 Å². The van der Waals surface area contributed by atoms with Crippen molar-refractivity contribution in [3.8, 4) is 0 Å². The van der Waals surface area contributed by atoms with Gasteiger partial charge in [0.05, 0.1) is 5.56 Å². The number of nitrogens with one attached hydrogen (secondary N) is 1. The van der Waals surface area contributed by atoms with Gasteiger partial charge in [-0.2, -0.15) is 0 Å². The van der Waals surface area contributed by atoms with Crippen LogP contribution >= 0.6 is 31.9 Å². The molecule has 1 rings (SSSR count). The monoisotopic (exact) mass is 361 g/mol. The first kappa shape index (κ1) is 14.7. The van der Waals surface area contributed by atoms with E-state index in [0.717, 1.165) is 28.2 Å². The topological polar surface area (TPSA) is 29.1 Å². The number of halogens is 2. The summed E-state index contributed by atoms with van der Waals surface area (Å²) in [7, 11) is 0. The molecule has 0 aliphatic heterocycles. The predicted octanol–water partition coefficient (Wildman–Crippen LogP) is 4.05. The average molecular weight is 363 g/mol. The Hall–Kier alpha value is -0.350. The quantitative estimate of drug-likeness (QED) is 0.786. The smallest absolute Gasteiger partial charge is 0.252 e. The van der Waals surface area contributed by atoms with Gasteiger partial charge >= 0.3 is 0 Å². The number of amides is 1. The standard InChI is InChI=1S/C13H17Br2NO/c1-3-10(6-7-14)16-13(17)11-5-4-9(2)8-12(11)15/h4-5,8,10H,3,6-7H2,1-2H3,(H,16,17). The van der Waals surface area contributed by atoms with Gasteiger partial charge in [-0.05, 0) is 53.4 Å². The summed E-state index contributed by atoms with van der Waals surface area (Å²) in [6, 6.07) is 6.00. The molecule has 17 heavy (non-hydrogen) atoms. The first-order valence-electron chi connectivity index (χ1n) is 5.71. The lowest BCUT2D eigenvalue weighted by atomic mass is 10.1. The van der Waals surface area contributed by atoms with Crippen molar-refractivity contribution in [1.82, 2.24) is 5.32 Å². The van der Waals surface area contributed by atoms with Gasteiger partial charge in [-0.1, -0.05) is 28.9 Å². The lowest BCUT2D eigenvalue weighted by Gasteiger charge is -2.16. The molecule has 1 atom stereocenters. The van der Waals surface area contributed by atoms with E-state index in [-0.39, 0.29) is 11.9 Å². The van der Waals surface area contributed by atoms with E-state index in [1.54, 1.807) is 0 Å². The summed E-state index contributed by atoms with van der Waals surface area (Å²) in [5.41, 5.74) is 1.84. The van der Waals surface area contributed by atoms with Crippen molar-refractivity contribution in [2.45, 2.75) is 32.7 Å². The molecule has 0 saturated heterocycles. The van der Waals surface area contributed by atoms with Crippen molar-refractivity contribution in [2.75, 3.05) is 5.33 Å². The number of hydrogen-bond donors (Lipinski definition) is 1. The number of carbonyl (C=O) groups is 1. The maximum atomic E-state index is 12.1. The van der Waals surface area contributed by atoms with Crippen LogP contribution in [0, 0.1) is 6.92 Å². The molecular weight excluding hydrogens is 346 g/mol. The fourth-order valence-electron chi connectivity index (χ4n) is 1.58. The van der Waals surface area contributed by atoms with E-state index in [0.29, 0.717) is 5.56 Å². The zero-order chi connectivity index (χ0) is 12.8. The molecule has 0 spiro atoms. The second kappa shape index (κ2) is 7.17. The fraction of sp³-hybridized carbons (Fsp3) is 0.462. The van der Waals surface area contributed by atoms with E-state index in [1.807, 2.05) is 25.1 Å². The molecule has 1 unspecified atom stereocenters. The van der Waals surface area contributed by atoms with Gasteiger partial charge in [-0.15, -0.1) is 0 Å². The van der Waals surface area contributed by atoms with Crippen LogP contribution in [0.1, 0.15) is 35.7 Å². The average Bonchev–Trinajstić information content (AvgIpc) is 2.28. The Morgan fingerprint density at radius 1 is 1.47 bits per heavy atom. The van der Waals surface area contributed by atoms with Gasteiger partial charge < -0.3 is 5.32 Å². The highest BCUT2D eigenvalue weighted by Crippen LogP contribution is 2.18. The number of benzene rings is 1. The first-order valence-corrected chi connectivity index (χ1v) is 7.63. The zero-order valence-electron chi connectivity index (χ0n) is 10.1. The molecule has 0 bridgehead atoms. The third kappa shape index (κ3) is 4.43. The molecular formula is C13H17Br2NO. The Morgan fingerprint density at radius 3 is 2.71 bits per heavy atom. The second-order valence-electron chi connectivity index (χ2n) is 4.04. The third-order valence-electron chi connectivity index (χ3n) is 2.65. The summed E-state index contributed by atoms with van der Waals surface area (Å²) in [4.78, 5) is 12.1. The fourth-order valence-corrected chi connectivity index (χ4v) is 2.80. The molecule has 0 heterocycles. The van der Waals surface area contributed by atoms with Crippen LogP contribution in [0.15, 0.2) is 22.7 Å². The number of alkyl halides is 1. The van der Waals surface area contributed by atoms with Crippen molar-refractivity contribution in [3.05, 3.63) is 33.8 Å². The number of hydrogen-bond acceptors (Lipinski definition) is 1. The number of aryl methyl sites for hydroxylation is 1. The first-order chi connectivity index (χ1) is 8.08. The van der Waals surface area contributed by atoms with Gasteiger partial charge in [0.2, 0.25) is 0 Å². The lowest BCUT2D eigenvalue weighted by Crippen LogP contribution is -2.34. The molecule has 0 radical (unpaired) electrons. The molecule has 94 valence electrons. The highest BCUT2D eigenvalue weighted by atomic mass is 79.9. The minimum absolute atomic E-state index is 0.00956. The predicted molar refractivity (Wildman–Crippen MR) is 78.8 cm³/mol. The van der Waals surface area contributed by atoms with Crippen LogP contribution in [-0.4, -0.2) is 17.3 Å². The van der Waals surface area contributed by atoms with Gasteiger partial charge in [-0.3, -0.25) is 4.79 Å². The molecule has 0 aromatic heterocycles. The van der Waals surface area contributed by atoms with Crippen LogP contribution in [0.25, 0.3) is 0 Å². The van der Waals surface area contributed by atoms with Crippen molar-refractivity contribution < 1.29 is 4.79 Å². The molecule has 1 aromatic rings. The summed E-state index contributed by atoms with van der Waals surface area (Å²) in [6.07, 6.45) is 1.90. The van der Waals surface area contributed by atoms with E-state index < -0.39 is 0 Å². The SMILES string of the molecule is CCC(CCBr)NC(=O)c1ccc(C)cc1Br. The van der Waals surface area contributed by atoms with Crippen LogP contribution in [0.2, 0.25) is 0 Å². The van der Waals surface area contributed by atoms with E-state index >= 15 is 0 Å². The van der Waals surface area contributed by atoms with Gasteiger partial charge in [0.1, 0.15) is 0 Å². The van der Waals surface area contributed by atoms with Gasteiger partial charge in [0.15, 0.2) is 0 Å². The number of rotatable bonds is 5. The zero-order valence-corrected chi connectivity index (χ0v) is 13.3. The summed E-state index contributed by atoms with van der Waals surface area (Å²) >= 11 is 6.83. The molecule has 1 N–H and O–H groups in total. The van der Waals surface area contributed by atoms with Crippen LogP contribution in [-0.2, 0) is 0 Å². The normalized spacial score (nSPS) is 12.2. The molecule has 2 nitrogen and oxygen atoms in total. The van der Waals surface area contributed by atoms with Crippen molar-refractivity contribution >= 4 is 37.8 Å². The Kier molecular flexibility index (Phi) is 6.20. The Balaban J connectivity index is 2.75. The van der Waals surface area contributed by atoms with Crippen molar-refractivity contribution in [2.24, 2.45) is 0 Å². The summed E-state index contributed by atoms with van der Waals surface area (Å²) < 4.78 is 0.851. The summed E-state index contributed by atoms with van der Waals surface area (Å²) in [5.74, 6) is -0.00956.